The van der Waals surface area contributed by atoms with Gasteiger partial charge in [0.15, 0.2) is 5.13 Å². The summed E-state index contributed by atoms with van der Waals surface area (Å²) in [6.07, 6.45) is 8.76. The molecule has 4 amide bonds. The Morgan fingerprint density at radius 3 is 2.78 bits per heavy atom. The number of anilines is 1. The fourth-order valence-electron chi connectivity index (χ4n) is 4.01. The maximum atomic E-state index is 13.5. The second-order valence-electron chi connectivity index (χ2n) is 8.60. The highest BCUT2D eigenvalue weighted by Gasteiger charge is 2.31. The number of aromatic nitrogens is 3. The fraction of sp³-hybridized carbons (Fsp3) is 0.375. The molecule has 190 valence electrons. The second-order valence-corrected chi connectivity index (χ2v) is 9.61. The number of urea groups is 1. The lowest BCUT2D eigenvalue weighted by Gasteiger charge is -2.34. The number of imidazole rings is 1. The van der Waals surface area contributed by atoms with Gasteiger partial charge in [0, 0.05) is 38.6 Å². The number of benzene rings is 1. The van der Waals surface area contributed by atoms with E-state index in [1.165, 1.54) is 23.2 Å². The molecule has 1 saturated heterocycles. The van der Waals surface area contributed by atoms with Gasteiger partial charge in [0.25, 0.3) is 5.91 Å². The van der Waals surface area contributed by atoms with Crippen LogP contribution in [0.2, 0.25) is 0 Å². The first-order valence-corrected chi connectivity index (χ1v) is 12.5. The average molecular weight is 514 g/mol. The molecular formula is C24H28FN7O3S. The van der Waals surface area contributed by atoms with Crippen molar-refractivity contribution in [3.8, 4) is 0 Å². The van der Waals surface area contributed by atoms with E-state index in [4.69, 9.17) is 5.73 Å². The first-order chi connectivity index (χ1) is 17.4. The zero-order valence-electron chi connectivity index (χ0n) is 19.7. The summed E-state index contributed by atoms with van der Waals surface area (Å²) in [6.45, 7) is 2.05. The highest BCUT2D eigenvalue weighted by atomic mass is 32.1. The van der Waals surface area contributed by atoms with Gasteiger partial charge in [-0.05, 0) is 37.0 Å². The lowest BCUT2D eigenvalue weighted by Crippen LogP contribution is -2.49. The van der Waals surface area contributed by atoms with E-state index in [0.717, 1.165) is 24.3 Å². The molecule has 1 aliphatic rings. The lowest BCUT2D eigenvalue weighted by molar-refractivity contribution is -0.123. The number of hydrogen-bond acceptors (Lipinski definition) is 6. The topological polar surface area (TPSA) is 126 Å². The molecule has 12 heteroatoms. The largest absolute Gasteiger partial charge is 0.369 e. The Bertz CT molecular complexity index is 1180. The number of amides is 4. The Morgan fingerprint density at radius 1 is 1.25 bits per heavy atom. The van der Waals surface area contributed by atoms with E-state index in [2.05, 4.69) is 15.3 Å². The molecule has 3 heterocycles. The van der Waals surface area contributed by atoms with Crippen LogP contribution in [0.15, 0.2) is 49.2 Å². The van der Waals surface area contributed by atoms with Crippen molar-refractivity contribution in [1.29, 1.82) is 0 Å². The fourth-order valence-corrected chi connectivity index (χ4v) is 4.83. The standard InChI is InChI=1S/C24H28FN7O3S/c25-19-6-4-17(5-7-19)14-32(24(35)31-11-1-3-18(15-31)21(26)33)23-29-13-20(36-23)22(34)28-8-2-10-30-12-9-27-16-30/h4-7,9,12-13,16,18H,1-3,8,10-11,14-15H2,(H2,26,33)(H,28,34). The highest BCUT2D eigenvalue weighted by molar-refractivity contribution is 7.17. The van der Waals surface area contributed by atoms with Gasteiger partial charge in [0.2, 0.25) is 5.91 Å². The molecular weight excluding hydrogens is 485 g/mol. The molecule has 1 atom stereocenters. The van der Waals surface area contributed by atoms with Gasteiger partial charge in [-0.2, -0.15) is 0 Å². The van der Waals surface area contributed by atoms with Crippen molar-refractivity contribution in [2.75, 3.05) is 24.5 Å². The van der Waals surface area contributed by atoms with Crippen molar-refractivity contribution < 1.29 is 18.8 Å². The summed E-state index contributed by atoms with van der Waals surface area (Å²) in [5.74, 6) is -1.49. The van der Waals surface area contributed by atoms with E-state index in [0.29, 0.717) is 41.5 Å². The molecule has 0 radical (unpaired) electrons. The number of nitrogens with two attached hydrogens (primary N) is 1. The van der Waals surface area contributed by atoms with Gasteiger partial charge in [0.1, 0.15) is 10.7 Å². The third-order valence-corrected chi connectivity index (χ3v) is 6.98. The van der Waals surface area contributed by atoms with Crippen LogP contribution in [0, 0.1) is 11.7 Å². The Morgan fingerprint density at radius 2 is 2.06 bits per heavy atom. The third kappa shape index (κ3) is 6.45. The number of halogens is 1. The van der Waals surface area contributed by atoms with Crippen LogP contribution in [0.4, 0.5) is 14.3 Å². The molecule has 0 bridgehead atoms. The van der Waals surface area contributed by atoms with Gasteiger partial charge >= 0.3 is 6.03 Å². The number of thiazole rings is 1. The SMILES string of the molecule is NC(=O)C1CCCN(C(=O)N(Cc2ccc(F)cc2)c2ncc(C(=O)NCCCn3ccnc3)s2)C1. The summed E-state index contributed by atoms with van der Waals surface area (Å²) in [6, 6.07) is 5.50. The summed E-state index contributed by atoms with van der Waals surface area (Å²) in [4.78, 5) is 49.6. The average Bonchev–Trinajstić information content (AvgIpc) is 3.58. The molecule has 0 saturated carbocycles. The number of hydrogen-bond donors (Lipinski definition) is 2. The van der Waals surface area contributed by atoms with Crippen LogP contribution in [0.3, 0.4) is 0 Å². The zero-order chi connectivity index (χ0) is 25.5. The molecule has 1 fully saturated rings. The Hall–Kier alpha value is -3.80. The predicted octanol–water partition coefficient (Wildman–Crippen LogP) is 2.62. The van der Waals surface area contributed by atoms with E-state index in [1.807, 2.05) is 10.8 Å². The summed E-state index contributed by atoms with van der Waals surface area (Å²) in [5.41, 5.74) is 6.19. The number of nitrogens with one attached hydrogen (secondary N) is 1. The van der Waals surface area contributed by atoms with E-state index in [1.54, 1.807) is 29.6 Å². The number of carbonyl (C=O) groups is 3. The van der Waals surface area contributed by atoms with Crippen LogP contribution < -0.4 is 16.0 Å². The first-order valence-electron chi connectivity index (χ1n) is 11.7. The van der Waals surface area contributed by atoms with Gasteiger partial charge in [-0.25, -0.2) is 19.2 Å². The molecule has 36 heavy (non-hydrogen) atoms. The van der Waals surface area contributed by atoms with Crippen LogP contribution in [-0.4, -0.2) is 56.9 Å². The minimum absolute atomic E-state index is 0.135. The number of carbonyl (C=O) groups excluding carboxylic acids is 3. The smallest absolute Gasteiger partial charge is 0.326 e. The van der Waals surface area contributed by atoms with Gasteiger partial charge in [-0.1, -0.05) is 23.5 Å². The van der Waals surface area contributed by atoms with Crippen LogP contribution in [0.5, 0.6) is 0 Å². The highest BCUT2D eigenvalue weighted by Crippen LogP contribution is 2.27. The molecule has 1 aromatic carbocycles. The molecule has 1 aliphatic heterocycles. The number of aryl methyl sites for hydroxylation is 1. The molecule has 2 aromatic heterocycles. The minimum Gasteiger partial charge on any atom is -0.369 e. The Kier molecular flexibility index (Phi) is 8.26. The number of piperidine rings is 1. The summed E-state index contributed by atoms with van der Waals surface area (Å²) in [5, 5.41) is 3.21. The summed E-state index contributed by atoms with van der Waals surface area (Å²) < 4.78 is 15.4. The summed E-state index contributed by atoms with van der Waals surface area (Å²) >= 11 is 1.10. The van der Waals surface area contributed by atoms with Crippen LogP contribution in [-0.2, 0) is 17.9 Å². The molecule has 1 unspecified atom stereocenters. The Balaban J connectivity index is 1.46. The molecule has 0 aliphatic carbocycles. The molecule has 4 rings (SSSR count). The van der Waals surface area contributed by atoms with Crippen molar-refractivity contribution in [1.82, 2.24) is 24.8 Å². The lowest BCUT2D eigenvalue weighted by atomic mass is 9.98. The third-order valence-electron chi connectivity index (χ3n) is 5.97. The van der Waals surface area contributed by atoms with E-state index in [9.17, 15) is 18.8 Å². The van der Waals surface area contributed by atoms with Crippen LogP contribution >= 0.6 is 11.3 Å². The van der Waals surface area contributed by atoms with Gasteiger partial charge in [0.05, 0.1) is 25.0 Å². The van der Waals surface area contributed by atoms with Gasteiger partial charge in [-0.15, -0.1) is 0 Å². The number of rotatable bonds is 9. The van der Waals surface area contributed by atoms with Crippen molar-refractivity contribution in [2.24, 2.45) is 11.7 Å². The zero-order valence-corrected chi connectivity index (χ0v) is 20.5. The number of nitrogens with zero attached hydrogens (tertiary/aromatic N) is 5. The predicted molar refractivity (Wildman–Crippen MR) is 133 cm³/mol. The van der Waals surface area contributed by atoms with E-state index >= 15 is 0 Å². The number of likely N-dealkylation sites (tertiary alicyclic amines) is 1. The van der Waals surface area contributed by atoms with Crippen molar-refractivity contribution in [3.05, 3.63) is 65.4 Å². The minimum atomic E-state index is -0.432. The van der Waals surface area contributed by atoms with Gasteiger partial charge in [-0.3, -0.25) is 14.5 Å². The second kappa shape index (κ2) is 11.8. The molecule has 3 N–H and O–H groups in total. The molecule has 3 aromatic rings. The number of primary amides is 1. The quantitative estimate of drug-likeness (QED) is 0.426. The molecule has 0 spiro atoms. The van der Waals surface area contributed by atoms with Crippen LogP contribution in [0.1, 0.15) is 34.5 Å². The molecule has 10 nitrogen and oxygen atoms in total. The maximum Gasteiger partial charge on any atom is 0.326 e. The van der Waals surface area contributed by atoms with Crippen molar-refractivity contribution in [3.63, 3.8) is 0 Å². The van der Waals surface area contributed by atoms with E-state index < -0.39 is 11.8 Å². The van der Waals surface area contributed by atoms with Crippen molar-refractivity contribution >= 4 is 34.3 Å². The van der Waals surface area contributed by atoms with E-state index in [-0.39, 0.29) is 30.8 Å². The normalized spacial score (nSPS) is 15.5. The van der Waals surface area contributed by atoms with Gasteiger partial charge < -0.3 is 20.5 Å². The van der Waals surface area contributed by atoms with Crippen LogP contribution in [0.25, 0.3) is 0 Å². The monoisotopic (exact) mass is 513 g/mol. The maximum absolute atomic E-state index is 13.5. The summed E-state index contributed by atoms with van der Waals surface area (Å²) in [7, 11) is 0. The first kappa shape index (κ1) is 25.3. The van der Waals surface area contributed by atoms with Crippen molar-refractivity contribution in [2.45, 2.75) is 32.4 Å². The Labute approximate surface area is 211 Å².